The minimum Gasteiger partial charge on any atom is -0.383 e. The maximum absolute atomic E-state index is 13.1. The van der Waals surface area contributed by atoms with Gasteiger partial charge in [0.2, 0.25) is 11.9 Å². The molecule has 1 N–H and O–H groups in total. The van der Waals surface area contributed by atoms with Crippen LogP contribution < -0.4 is 10.2 Å². The van der Waals surface area contributed by atoms with Crippen molar-refractivity contribution in [1.29, 1.82) is 0 Å². The van der Waals surface area contributed by atoms with Crippen LogP contribution in [0.1, 0.15) is 31.6 Å². The summed E-state index contributed by atoms with van der Waals surface area (Å²) in [5, 5.41) is 3.19. The fourth-order valence-corrected chi connectivity index (χ4v) is 4.07. The first-order chi connectivity index (χ1) is 14.7. The number of carbonyl (C=O) groups is 1. The van der Waals surface area contributed by atoms with Crippen molar-refractivity contribution in [2.45, 2.75) is 32.4 Å². The van der Waals surface area contributed by atoms with Crippen LogP contribution in [0.2, 0.25) is 0 Å². The Hall–Kier alpha value is -3.00. The summed E-state index contributed by atoms with van der Waals surface area (Å²) < 4.78 is 7.41. The highest BCUT2D eigenvalue weighted by Gasteiger charge is 2.29. The van der Waals surface area contributed by atoms with Gasteiger partial charge in [0.1, 0.15) is 5.82 Å². The Morgan fingerprint density at radius 2 is 2.07 bits per heavy atom. The summed E-state index contributed by atoms with van der Waals surface area (Å²) in [7, 11) is 1.69. The van der Waals surface area contributed by atoms with Crippen LogP contribution in [0.15, 0.2) is 42.7 Å². The van der Waals surface area contributed by atoms with E-state index >= 15 is 0 Å². The quantitative estimate of drug-likeness (QED) is 0.647. The van der Waals surface area contributed by atoms with Crippen LogP contribution in [0.25, 0.3) is 11.0 Å². The maximum atomic E-state index is 13.1. The lowest BCUT2D eigenvalue weighted by atomic mass is 9.97. The Bertz CT molecular complexity index is 990. The predicted molar refractivity (Wildman–Crippen MR) is 115 cm³/mol. The van der Waals surface area contributed by atoms with E-state index in [2.05, 4.69) is 30.8 Å². The van der Waals surface area contributed by atoms with Gasteiger partial charge in [0.15, 0.2) is 0 Å². The van der Waals surface area contributed by atoms with E-state index in [0.29, 0.717) is 25.6 Å². The number of piperidine rings is 1. The Morgan fingerprint density at radius 1 is 1.27 bits per heavy atom. The van der Waals surface area contributed by atoms with Crippen molar-refractivity contribution >= 4 is 22.9 Å². The molecule has 3 heterocycles. The SMILES string of the molecule is COCCn1c([C@@H](C)NC(=O)[C@@H]2CCCN(c3ncccn3)C2)nc2ccccc21. The van der Waals surface area contributed by atoms with E-state index in [4.69, 9.17) is 9.72 Å². The van der Waals surface area contributed by atoms with Crippen LogP contribution >= 0.6 is 0 Å². The molecule has 1 amide bonds. The number of hydrogen-bond donors (Lipinski definition) is 1. The Kier molecular flexibility index (Phi) is 6.23. The number of ether oxygens (including phenoxy) is 1. The summed E-state index contributed by atoms with van der Waals surface area (Å²) in [4.78, 5) is 28.6. The van der Waals surface area contributed by atoms with Crippen molar-refractivity contribution < 1.29 is 9.53 Å². The number of carbonyl (C=O) groups excluding carboxylic acids is 1. The summed E-state index contributed by atoms with van der Waals surface area (Å²) in [6.45, 7) is 4.76. The molecular weight excluding hydrogens is 380 g/mol. The van der Waals surface area contributed by atoms with Crippen molar-refractivity contribution in [2.75, 3.05) is 31.7 Å². The molecule has 8 nitrogen and oxygen atoms in total. The zero-order chi connectivity index (χ0) is 20.9. The standard InChI is InChI=1S/C22H28N6O2/c1-16(20-26-18-8-3-4-9-19(18)28(20)13-14-30-2)25-21(29)17-7-5-12-27(15-17)22-23-10-6-11-24-22/h3-4,6,8-11,16-17H,5,7,12-15H2,1-2H3,(H,25,29)/t16-,17-/m1/s1. The van der Waals surface area contributed by atoms with E-state index < -0.39 is 0 Å². The molecule has 2 atom stereocenters. The molecule has 0 spiro atoms. The third-order valence-electron chi connectivity index (χ3n) is 5.58. The smallest absolute Gasteiger partial charge is 0.225 e. The average molecular weight is 409 g/mol. The molecule has 8 heteroatoms. The molecule has 1 aliphatic heterocycles. The lowest BCUT2D eigenvalue weighted by molar-refractivity contribution is -0.126. The number of amides is 1. The number of nitrogens with zero attached hydrogens (tertiary/aromatic N) is 5. The molecule has 0 unspecified atom stereocenters. The van der Waals surface area contributed by atoms with Gasteiger partial charge in [0.05, 0.1) is 29.6 Å². The number of benzene rings is 1. The molecule has 0 saturated carbocycles. The highest BCUT2D eigenvalue weighted by atomic mass is 16.5. The lowest BCUT2D eigenvalue weighted by Crippen LogP contribution is -2.44. The van der Waals surface area contributed by atoms with Crippen molar-refractivity contribution in [2.24, 2.45) is 5.92 Å². The molecule has 0 bridgehead atoms. The van der Waals surface area contributed by atoms with E-state index in [1.807, 2.05) is 25.1 Å². The van der Waals surface area contributed by atoms with Crippen LogP contribution in [0.5, 0.6) is 0 Å². The number of imidazole rings is 1. The lowest BCUT2D eigenvalue weighted by Gasteiger charge is -2.32. The molecule has 1 fully saturated rings. The summed E-state index contributed by atoms with van der Waals surface area (Å²) >= 11 is 0. The fourth-order valence-electron chi connectivity index (χ4n) is 4.07. The number of rotatable bonds is 7. The van der Waals surface area contributed by atoms with E-state index in [0.717, 1.165) is 36.2 Å². The minimum atomic E-state index is -0.204. The van der Waals surface area contributed by atoms with Crippen LogP contribution in [0.3, 0.4) is 0 Å². The van der Waals surface area contributed by atoms with E-state index in [-0.39, 0.29) is 17.9 Å². The van der Waals surface area contributed by atoms with Gasteiger partial charge in [-0.3, -0.25) is 4.79 Å². The molecule has 3 aromatic rings. The molecule has 1 saturated heterocycles. The second kappa shape index (κ2) is 9.21. The fraction of sp³-hybridized carbons (Fsp3) is 0.455. The summed E-state index contributed by atoms with van der Waals surface area (Å²) in [6, 6.07) is 9.62. The molecule has 1 aliphatic rings. The zero-order valence-corrected chi connectivity index (χ0v) is 17.5. The van der Waals surface area contributed by atoms with E-state index in [9.17, 15) is 4.79 Å². The summed E-state index contributed by atoms with van der Waals surface area (Å²) in [5.41, 5.74) is 1.98. The minimum absolute atomic E-state index is 0.0495. The van der Waals surface area contributed by atoms with Gasteiger partial charge in [-0.25, -0.2) is 15.0 Å². The Balaban J connectivity index is 1.48. The first-order valence-corrected chi connectivity index (χ1v) is 10.4. The zero-order valence-electron chi connectivity index (χ0n) is 17.5. The predicted octanol–water partition coefficient (Wildman–Crippen LogP) is 2.57. The van der Waals surface area contributed by atoms with Gasteiger partial charge >= 0.3 is 0 Å². The van der Waals surface area contributed by atoms with Crippen LogP contribution in [0.4, 0.5) is 5.95 Å². The molecule has 1 aromatic carbocycles. The van der Waals surface area contributed by atoms with Gasteiger partial charge in [-0.1, -0.05) is 12.1 Å². The number of para-hydroxylation sites is 2. The summed E-state index contributed by atoms with van der Waals surface area (Å²) in [6.07, 6.45) is 5.27. The number of hydrogen-bond acceptors (Lipinski definition) is 6. The van der Waals surface area contributed by atoms with Gasteiger partial charge in [-0.15, -0.1) is 0 Å². The van der Waals surface area contributed by atoms with Gasteiger partial charge in [-0.05, 0) is 38.0 Å². The van der Waals surface area contributed by atoms with Crippen LogP contribution in [0, 0.1) is 5.92 Å². The Morgan fingerprint density at radius 3 is 2.87 bits per heavy atom. The van der Waals surface area contributed by atoms with Gasteiger partial charge in [0.25, 0.3) is 0 Å². The number of methoxy groups -OCH3 is 1. The normalized spacial score (nSPS) is 17.8. The molecule has 30 heavy (non-hydrogen) atoms. The van der Waals surface area contributed by atoms with Crippen LogP contribution in [-0.4, -0.2) is 52.2 Å². The summed E-state index contributed by atoms with van der Waals surface area (Å²) in [5.74, 6) is 1.49. The highest BCUT2D eigenvalue weighted by molar-refractivity contribution is 5.80. The molecule has 0 radical (unpaired) electrons. The van der Waals surface area contributed by atoms with Crippen molar-refractivity contribution in [3.8, 4) is 0 Å². The molecule has 0 aliphatic carbocycles. The number of aromatic nitrogens is 4. The van der Waals surface area contributed by atoms with Gasteiger partial charge in [-0.2, -0.15) is 0 Å². The average Bonchev–Trinajstić information content (AvgIpc) is 3.17. The molecule has 4 rings (SSSR count). The van der Waals surface area contributed by atoms with Crippen molar-refractivity contribution in [3.05, 3.63) is 48.5 Å². The third-order valence-corrected chi connectivity index (χ3v) is 5.58. The second-order valence-corrected chi connectivity index (χ2v) is 7.67. The van der Waals surface area contributed by atoms with Crippen LogP contribution in [-0.2, 0) is 16.1 Å². The largest absolute Gasteiger partial charge is 0.383 e. The first-order valence-electron chi connectivity index (χ1n) is 10.4. The number of anilines is 1. The Labute approximate surface area is 176 Å². The monoisotopic (exact) mass is 408 g/mol. The van der Waals surface area contributed by atoms with Gasteiger partial charge < -0.3 is 19.5 Å². The first kappa shape index (κ1) is 20.3. The van der Waals surface area contributed by atoms with E-state index in [1.54, 1.807) is 25.6 Å². The number of nitrogens with one attached hydrogen (secondary N) is 1. The van der Waals surface area contributed by atoms with E-state index in [1.165, 1.54) is 0 Å². The highest BCUT2D eigenvalue weighted by Crippen LogP contribution is 2.23. The third kappa shape index (κ3) is 4.28. The number of fused-ring (bicyclic) bond motifs is 1. The molecular formula is C22H28N6O2. The van der Waals surface area contributed by atoms with Crippen molar-refractivity contribution in [3.63, 3.8) is 0 Å². The van der Waals surface area contributed by atoms with Crippen molar-refractivity contribution in [1.82, 2.24) is 24.8 Å². The second-order valence-electron chi connectivity index (χ2n) is 7.67. The molecule has 2 aromatic heterocycles. The maximum Gasteiger partial charge on any atom is 0.225 e. The van der Waals surface area contributed by atoms with Gasteiger partial charge in [0, 0.05) is 39.1 Å². The molecule has 158 valence electrons. The topological polar surface area (TPSA) is 85.2 Å².